The summed E-state index contributed by atoms with van der Waals surface area (Å²) in [6.45, 7) is 0.122. The van der Waals surface area contributed by atoms with Crippen LogP contribution in [0.25, 0.3) is 0 Å². The molecule has 1 aromatic rings. The van der Waals surface area contributed by atoms with Crippen molar-refractivity contribution in [2.24, 2.45) is 5.73 Å². The van der Waals surface area contributed by atoms with Crippen molar-refractivity contribution in [1.82, 2.24) is 0 Å². The molecule has 2 N–H and O–H groups in total. The Morgan fingerprint density at radius 2 is 2.27 bits per heavy atom. The van der Waals surface area contributed by atoms with Crippen molar-refractivity contribution in [1.29, 1.82) is 0 Å². The lowest BCUT2D eigenvalue weighted by atomic mass is 10.1. The molecule has 6 nitrogen and oxygen atoms in total. The fraction of sp³-hybridized carbons (Fsp3) is 0.222. The summed E-state index contributed by atoms with van der Waals surface area (Å²) in [7, 11) is 0. The molecule has 0 fully saturated rings. The number of nitro groups is 1. The molecule has 0 aliphatic heterocycles. The number of rotatable bonds is 4. The number of carbonyl (C=O) groups excluding carboxylic acids is 1. The van der Waals surface area contributed by atoms with Gasteiger partial charge in [0.1, 0.15) is 0 Å². The van der Waals surface area contributed by atoms with Gasteiger partial charge in [-0.1, -0.05) is 12.1 Å². The van der Waals surface area contributed by atoms with Crippen LogP contribution in [-0.2, 0) is 11.2 Å². The van der Waals surface area contributed by atoms with Gasteiger partial charge in [-0.2, -0.15) is 0 Å². The first-order valence-electron chi connectivity index (χ1n) is 4.25. The van der Waals surface area contributed by atoms with Crippen LogP contribution in [-0.4, -0.2) is 17.6 Å². The Morgan fingerprint density at radius 3 is 2.87 bits per heavy atom. The number of amides is 1. The lowest BCUT2D eigenvalue weighted by Crippen LogP contribution is -2.14. The van der Waals surface area contributed by atoms with E-state index in [0.29, 0.717) is 6.42 Å². The molecular formula is C9H10N2O4. The van der Waals surface area contributed by atoms with Crippen molar-refractivity contribution in [2.75, 3.05) is 6.61 Å². The van der Waals surface area contributed by atoms with Gasteiger partial charge in [0.25, 0.3) is 5.69 Å². The third-order valence-corrected chi connectivity index (χ3v) is 1.76. The van der Waals surface area contributed by atoms with E-state index in [9.17, 15) is 14.9 Å². The Balaban J connectivity index is 2.58. The summed E-state index contributed by atoms with van der Waals surface area (Å²) < 4.78 is 4.52. The minimum atomic E-state index is -0.847. The number of primary amides is 1. The summed E-state index contributed by atoms with van der Waals surface area (Å²) in [5, 5.41) is 10.4. The molecular weight excluding hydrogens is 200 g/mol. The first-order valence-corrected chi connectivity index (χ1v) is 4.25. The Bertz CT molecular complexity index is 378. The maximum atomic E-state index is 10.4. The average molecular weight is 210 g/mol. The van der Waals surface area contributed by atoms with Crippen LogP contribution in [0.15, 0.2) is 24.3 Å². The first-order chi connectivity index (χ1) is 7.09. The second kappa shape index (κ2) is 4.94. The summed E-state index contributed by atoms with van der Waals surface area (Å²) in [6, 6.07) is 6.14. The molecule has 0 unspecified atom stereocenters. The van der Waals surface area contributed by atoms with E-state index in [0.717, 1.165) is 5.56 Å². The molecule has 15 heavy (non-hydrogen) atoms. The monoisotopic (exact) mass is 210 g/mol. The highest BCUT2D eigenvalue weighted by Crippen LogP contribution is 2.13. The van der Waals surface area contributed by atoms with E-state index in [4.69, 9.17) is 5.73 Å². The standard InChI is InChI=1S/C9H10N2O4/c10-9(12)15-5-4-7-2-1-3-8(6-7)11(13)14/h1-3,6H,4-5H2,(H2,10,12). The topological polar surface area (TPSA) is 95.5 Å². The molecule has 0 aliphatic rings. The van der Waals surface area contributed by atoms with E-state index in [-0.39, 0.29) is 12.3 Å². The molecule has 0 saturated carbocycles. The van der Waals surface area contributed by atoms with Gasteiger partial charge in [0.15, 0.2) is 0 Å². The van der Waals surface area contributed by atoms with E-state index in [2.05, 4.69) is 4.74 Å². The number of hydrogen-bond donors (Lipinski definition) is 1. The van der Waals surface area contributed by atoms with Crippen molar-refractivity contribution in [3.8, 4) is 0 Å². The predicted molar refractivity (Wildman–Crippen MR) is 52.3 cm³/mol. The zero-order valence-corrected chi connectivity index (χ0v) is 7.88. The van der Waals surface area contributed by atoms with Gasteiger partial charge in [-0.25, -0.2) is 4.79 Å². The first kappa shape index (κ1) is 11.0. The van der Waals surface area contributed by atoms with Gasteiger partial charge in [0.05, 0.1) is 11.5 Å². The number of benzene rings is 1. The SMILES string of the molecule is NC(=O)OCCc1cccc([N+](=O)[O-])c1. The molecule has 0 radical (unpaired) electrons. The summed E-state index contributed by atoms with van der Waals surface area (Å²) in [4.78, 5) is 20.2. The zero-order chi connectivity index (χ0) is 11.3. The van der Waals surface area contributed by atoms with E-state index >= 15 is 0 Å². The third-order valence-electron chi connectivity index (χ3n) is 1.76. The maximum Gasteiger partial charge on any atom is 0.404 e. The number of non-ortho nitro benzene ring substituents is 1. The van der Waals surface area contributed by atoms with Crippen molar-refractivity contribution in [2.45, 2.75) is 6.42 Å². The third kappa shape index (κ3) is 3.63. The van der Waals surface area contributed by atoms with E-state index < -0.39 is 11.0 Å². The smallest absolute Gasteiger partial charge is 0.404 e. The normalized spacial score (nSPS) is 9.60. The minimum absolute atomic E-state index is 0.0200. The minimum Gasteiger partial charge on any atom is -0.449 e. The van der Waals surface area contributed by atoms with Crippen LogP contribution in [0, 0.1) is 10.1 Å². The Labute approximate surface area is 85.8 Å². The van der Waals surface area contributed by atoms with Gasteiger partial charge >= 0.3 is 6.09 Å². The van der Waals surface area contributed by atoms with Crippen LogP contribution in [0.3, 0.4) is 0 Å². The summed E-state index contributed by atoms with van der Waals surface area (Å²) in [5.74, 6) is 0. The quantitative estimate of drug-likeness (QED) is 0.597. The molecule has 1 rings (SSSR count). The molecule has 1 amide bonds. The Morgan fingerprint density at radius 1 is 1.53 bits per heavy atom. The number of nitrogens with two attached hydrogens (primary N) is 1. The van der Waals surface area contributed by atoms with Gasteiger partial charge in [-0.05, 0) is 5.56 Å². The number of carbonyl (C=O) groups is 1. The van der Waals surface area contributed by atoms with Crippen LogP contribution in [0.1, 0.15) is 5.56 Å². The lowest BCUT2D eigenvalue weighted by molar-refractivity contribution is -0.384. The van der Waals surface area contributed by atoms with Crippen molar-refractivity contribution < 1.29 is 14.5 Å². The highest BCUT2D eigenvalue weighted by atomic mass is 16.6. The molecule has 1 aromatic carbocycles. The molecule has 0 aliphatic carbocycles. The van der Waals surface area contributed by atoms with Gasteiger partial charge in [0, 0.05) is 18.6 Å². The highest BCUT2D eigenvalue weighted by molar-refractivity contribution is 5.64. The highest BCUT2D eigenvalue weighted by Gasteiger charge is 2.05. The molecule has 0 heterocycles. The summed E-state index contributed by atoms with van der Waals surface area (Å²) >= 11 is 0. The molecule has 0 aromatic heterocycles. The number of ether oxygens (including phenoxy) is 1. The van der Waals surface area contributed by atoms with E-state index in [1.807, 2.05) is 0 Å². The Kier molecular flexibility index (Phi) is 3.61. The second-order valence-electron chi connectivity index (χ2n) is 2.84. The van der Waals surface area contributed by atoms with Gasteiger partial charge in [0.2, 0.25) is 0 Å². The largest absolute Gasteiger partial charge is 0.449 e. The van der Waals surface area contributed by atoms with Crippen molar-refractivity contribution in [3.63, 3.8) is 0 Å². The lowest BCUT2D eigenvalue weighted by Gasteiger charge is -2.01. The summed E-state index contributed by atoms with van der Waals surface area (Å²) in [6.07, 6.45) is -0.439. The zero-order valence-electron chi connectivity index (χ0n) is 7.88. The fourth-order valence-corrected chi connectivity index (χ4v) is 1.10. The molecule has 0 spiro atoms. The van der Waals surface area contributed by atoms with Crippen LogP contribution < -0.4 is 5.73 Å². The van der Waals surface area contributed by atoms with Crippen LogP contribution in [0.5, 0.6) is 0 Å². The molecule has 0 bridgehead atoms. The van der Waals surface area contributed by atoms with E-state index in [1.165, 1.54) is 12.1 Å². The molecule has 80 valence electrons. The van der Waals surface area contributed by atoms with Gasteiger partial charge < -0.3 is 10.5 Å². The molecule has 0 saturated heterocycles. The fourth-order valence-electron chi connectivity index (χ4n) is 1.10. The Hall–Kier alpha value is -2.11. The van der Waals surface area contributed by atoms with E-state index in [1.54, 1.807) is 12.1 Å². The van der Waals surface area contributed by atoms with Crippen LogP contribution >= 0.6 is 0 Å². The maximum absolute atomic E-state index is 10.4. The number of nitro benzene ring substituents is 1. The second-order valence-corrected chi connectivity index (χ2v) is 2.84. The van der Waals surface area contributed by atoms with Gasteiger partial charge in [-0.15, -0.1) is 0 Å². The average Bonchev–Trinajstić information content (AvgIpc) is 2.17. The molecule has 6 heteroatoms. The predicted octanol–water partition coefficient (Wildman–Crippen LogP) is 1.23. The van der Waals surface area contributed by atoms with Crippen molar-refractivity contribution >= 4 is 11.8 Å². The van der Waals surface area contributed by atoms with Crippen LogP contribution in [0.2, 0.25) is 0 Å². The van der Waals surface area contributed by atoms with Crippen molar-refractivity contribution in [3.05, 3.63) is 39.9 Å². The van der Waals surface area contributed by atoms with Gasteiger partial charge in [-0.3, -0.25) is 10.1 Å². The van der Waals surface area contributed by atoms with Crippen LogP contribution in [0.4, 0.5) is 10.5 Å². The summed E-state index contributed by atoms with van der Waals surface area (Å²) in [5.41, 5.74) is 5.51. The number of hydrogen-bond acceptors (Lipinski definition) is 4. The number of nitrogens with zero attached hydrogens (tertiary/aromatic N) is 1. The molecule has 0 atom stereocenters.